The Hall–Kier alpha value is -3.33. The van der Waals surface area contributed by atoms with Gasteiger partial charge in [-0.1, -0.05) is 42.5 Å². The third kappa shape index (κ3) is 3.24. The van der Waals surface area contributed by atoms with E-state index in [1.165, 1.54) is 4.90 Å². The van der Waals surface area contributed by atoms with E-state index in [-0.39, 0.29) is 18.4 Å². The Morgan fingerprint density at radius 1 is 1.15 bits per heavy atom. The lowest BCUT2D eigenvalue weighted by Crippen LogP contribution is -2.52. The number of hydrogen-bond donors (Lipinski definition) is 1. The van der Waals surface area contributed by atoms with Crippen LogP contribution in [0.5, 0.6) is 5.75 Å². The molecule has 6 nitrogen and oxygen atoms in total. The molecule has 136 valence electrons. The first-order valence-electron chi connectivity index (χ1n) is 8.93. The summed E-state index contributed by atoms with van der Waals surface area (Å²) in [7, 11) is 0. The molecule has 6 heteroatoms. The zero-order valence-electron chi connectivity index (χ0n) is 14.7. The molecule has 0 spiro atoms. The van der Waals surface area contributed by atoms with Crippen molar-refractivity contribution in [3.8, 4) is 11.8 Å². The number of nitrogens with one attached hydrogen (secondary N) is 1. The van der Waals surface area contributed by atoms with Crippen LogP contribution in [0.2, 0.25) is 0 Å². The van der Waals surface area contributed by atoms with Gasteiger partial charge in [-0.25, -0.2) is 0 Å². The summed E-state index contributed by atoms with van der Waals surface area (Å²) in [5.74, 6) is -0.0553. The van der Waals surface area contributed by atoms with Gasteiger partial charge in [-0.15, -0.1) is 0 Å². The first-order valence-corrected chi connectivity index (χ1v) is 8.93. The smallest absolute Gasteiger partial charge is 0.263 e. The Bertz CT molecular complexity index is 916. The maximum Gasteiger partial charge on any atom is 0.263 e. The van der Waals surface area contributed by atoms with Crippen LogP contribution < -0.4 is 15.0 Å². The molecule has 1 atom stereocenters. The molecule has 1 saturated carbocycles. The molecule has 1 heterocycles. The highest BCUT2D eigenvalue weighted by Crippen LogP contribution is 2.48. The van der Waals surface area contributed by atoms with Gasteiger partial charge in [0, 0.05) is 6.54 Å². The molecule has 0 saturated heterocycles. The highest BCUT2D eigenvalue weighted by molar-refractivity contribution is 6.03. The lowest BCUT2D eigenvalue weighted by Gasteiger charge is -2.35. The summed E-state index contributed by atoms with van der Waals surface area (Å²) in [5, 5.41) is 12.2. The highest BCUT2D eigenvalue weighted by Gasteiger charge is 2.54. The van der Waals surface area contributed by atoms with Crippen molar-refractivity contribution < 1.29 is 14.3 Å². The molecule has 1 fully saturated rings. The second-order valence-corrected chi connectivity index (χ2v) is 6.89. The topological polar surface area (TPSA) is 82.4 Å². The lowest BCUT2D eigenvalue weighted by atomic mass is 10.0. The molecular weight excluding hydrogens is 342 g/mol. The highest BCUT2D eigenvalue weighted by atomic mass is 16.5. The molecule has 0 radical (unpaired) electrons. The average molecular weight is 361 g/mol. The van der Waals surface area contributed by atoms with Gasteiger partial charge in [0.25, 0.3) is 5.91 Å². The van der Waals surface area contributed by atoms with Gasteiger partial charge >= 0.3 is 0 Å². The number of ether oxygens (including phenoxy) is 1. The van der Waals surface area contributed by atoms with E-state index in [9.17, 15) is 14.9 Å². The third-order valence-electron chi connectivity index (χ3n) is 4.99. The summed E-state index contributed by atoms with van der Waals surface area (Å²) in [6, 6.07) is 18.8. The lowest BCUT2D eigenvalue weighted by molar-refractivity contribution is -0.129. The summed E-state index contributed by atoms with van der Waals surface area (Å²) in [5.41, 5.74) is 0.641. The predicted octanol–water partition coefficient (Wildman–Crippen LogP) is 2.40. The minimum atomic E-state index is -0.949. The van der Waals surface area contributed by atoms with Crippen molar-refractivity contribution in [2.24, 2.45) is 5.41 Å². The molecule has 1 aliphatic heterocycles. The molecule has 2 aromatic carbocycles. The van der Waals surface area contributed by atoms with Crippen LogP contribution in [0.1, 0.15) is 18.4 Å². The number of carbonyl (C=O) groups is 2. The normalized spacial score (nSPS) is 19.2. The van der Waals surface area contributed by atoms with Crippen molar-refractivity contribution >= 4 is 17.5 Å². The van der Waals surface area contributed by atoms with E-state index in [0.29, 0.717) is 30.8 Å². The van der Waals surface area contributed by atoms with Crippen LogP contribution in [0.15, 0.2) is 54.6 Å². The van der Waals surface area contributed by atoms with Gasteiger partial charge in [0.2, 0.25) is 5.91 Å². The Morgan fingerprint density at radius 2 is 1.85 bits per heavy atom. The van der Waals surface area contributed by atoms with Crippen LogP contribution in [0.4, 0.5) is 5.69 Å². The van der Waals surface area contributed by atoms with Crippen LogP contribution in [-0.2, 0) is 16.1 Å². The number of nitrogens with zero attached hydrogens (tertiary/aromatic N) is 2. The average Bonchev–Trinajstić information content (AvgIpc) is 3.53. The molecule has 1 aliphatic carbocycles. The number of fused-ring (bicyclic) bond motifs is 1. The van der Waals surface area contributed by atoms with Crippen molar-refractivity contribution in [2.75, 3.05) is 11.4 Å². The van der Waals surface area contributed by atoms with E-state index in [0.717, 1.165) is 5.56 Å². The number of amides is 2. The second-order valence-electron chi connectivity index (χ2n) is 6.89. The molecule has 2 amide bonds. The summed E-state index contributed by atoms with van der Waals surface area (Å²) in [6.07, 6.45) is 0.307. The number of carbonyl (C=O) groups excluding carboxylic acids is 2. The monoisotopic (exact) mass is 361 g/mol. The summed E-state index contributed by atoms with van der Waals surface area (Å²) >= 11 is 0. The van der Waals surface area contributed by atoms with Gasteiger partial charge in [-0.05, 0) is 30.5 Å². The zero-order chi connectivity index (χ0) is 18.9. The molecular formula is C21H19N3O3. The fraction of sp³-hybridized carbons (Fsp3) is 0.286. The number of benzene rings is 2. The second kappa shape index (κ2) is 6.76. The van der Waals surface area contributed by atoms with Crippen molar-refractivity contribution in [3.63, 3.8) is 0 Å². The van der Waals surface area contributed by atoms with E-state index < -0.39 is 11.5 Å². The Morgan fingerprint density at radius 3 is 2.56 bits per heavy atom. The van der Waals surface area contributed by atoms with E-state index in [1.807, 2.05) is 36.4 Å². The maximum atomic E-state index is 12.9. The number of para-hydroxylation sites is 2. The first kappa shape index (κ1) is 17.1. The molecule has 1 N–H and O–H groups in total. The standard InChI is InChI=1S/C21H19N3O3/c22-14-21(10-11-21)20(26)24-13-18(27-17-9-5-4-8-16(17)24)19(25)23-12-15-6-2-1-3-7-15/h1-9,18H,10-13H2,(H,23,25)/t18-/m1/s1. The predicted molar refractivity (Wildman–Crippen MR) is 98.8 cm³/mol. The van der Waals surface area contributed by atoms with Crippen molar-refractivity contribution in [1.29, 1.82) is 5.26 Å². The van der Waals surface area contributed by atoms with Crippen LogP contribution >= 0.6 is 0 Å². The SMILES string of the molecule is N#CC1(C(=O)N2C[C@H](C(=O)NCc3ccccc3)Oc3ccccc32)CC1. The molecule has 0 unspecified atom stereocenters. The van der Waals surface area contributed by atoms with Gasteiger partial charge in [0.15, 0.2) is 6.10 Å². The van der Waals surface area contributed by atoms with Crippen molar-refractivity contribution in [2.45, 2.75) is 25.5 Å². The van der Waals surface area contributed by atoms with E-state index in [4.69, 9.17) is 4.74 Å². The molecule has 0 bridgehead atoms. The Balaban J connectivity index is 1.53. The summed E-state index contributed by atoms with van der Waals surface area (Å²) in [6.45, 7) is 0.483. The van der Waals surface area contributed by atoms with Crippen LogP contribution in [-0.4, -0.2) is 24.5 Å². The fourth-order valence-corrected chi connectivity index (χ4v) is 3.22. The molecule has 2 aromatic rings. The number of hydrogen-bond acceptors (Lipinski definition) is 4. The minimum absolute atomic E-state index is 0.0971. The van der Waals surface area contributed by atoms with E-state index >= 15 is 0 Å². The minimum Gasteiger partial charge on any atom is -0.477 e. The fourth-order valence-electron chi connectivity index (χ4n) is 3.22. The summed E-state index contributed by atoms with van der Waals surface area (Å²) in [4.78, 5) is 27.1. The van der Waals surface area contributed by atoms with Crippen LogP contribution in [0.25, 0.3) is 0 Å². The van der Waals surface area contributed by atoms with E-state index in [2.05, 4.69) is 11.4 Å². The van der Waals surface area contributed by atoms with Crippen LogP contribution in [0, 0.1) is 16.7 Å². The number of anilines is 1. The quantitative estimate of drug-likeness (QED) is 0.906. The Kier molecular flexibility index (Phi) is 4.28. The number of nitriles is 1. The van der Waals surface area contributed by atoms with Crippen molar-refractivity contribution in [1.82, 2.24) is 5.32 Å². The van der Waals surface area contributed by atoms with Gasteiger partial charge < -0.3 is 15.0 Å². The Labute approximate surface area is 157 Å². The van der Waals surface area contributed by atoms with Gasteiger partial charge in [-0.3, -0.25) is 9.59 Å². The number of rotatable bonds is 4. The van der Waals surface area contributed by atoms with Crippen molar-refractivity contribution in [3.05, 3.63) is 60.2 Å². The molecule has 4 rings (SSSR count). The van der Waals surface area contributed by atoms with Gasteiger partial charge in [0.1, 0.15) is 11.2 Å². The third-order valence-corrected chi connectivity index (χ3v) is 4.99. The zero-order valence-corrected chi connectivity index (χ0v) is 14.7. The summed E-state index contributed by atoms with van der Waals surface area (Å²) < 4.78 is 5.84. The van der Waals surface area contributed by atoms with Gasteiger partial charge in [-0.2, -0.15) is 5.26 Å². The maximum absolute atomic E-state index is 12.9. The molecule has 2 aliphatic rings. The van der Waals surface area contributed by atoms with Crippen LogP contribution in [0.3, 0.4) is 0 Å². The largest absolute Gasteiger partial charge is 0.477 e. The van der Waals surface area contributed by atoms with Gasteiger partial charge in [0.05, 0.1) is 18.3 Å². The molecule has 27 heavy (non-hydrogen) atoms. The van der Waals surface area contributed by atoms with E-state index in [1.54, 1.807) is 18.2 Å². The first-order chi connectivity index (χ1) is 13.1. The molecule has 0 aromatic heterocycles.